The van der Waals surface area contributed by atoms with Crippen molar-refractivity contribution in [1.82, 2.24) is 9.88 Å². The van der Waals surface area contributed by atoms with Gasteiger partial charge in [-0.05, 0) is 42.5 Å². The van der Waals surface area contributed by atoms with E-state index in [1.165, 1.54) is 11.3 Å². The van der Waals surface area contributed by atoms with Gasteiger partial charge in [0.15, 0.2) is 0 Å². The summed E-state index contributed by atoms with van der Waals surface area (Å²) in [6.07, 6.45) is 0.0570. The summed E-state index contributed by atoms with van der Waals surface area (Å²) in [7, 11) is 0. The molecule has 0 bridgehead atoms. The molecule has 0 saturated carbocycles. The highest BCUT2D eigenvalue weighted by Gasteiger charge is 2.30. The number of hydrogen-bond donors (Lipinski definition) is 2. The fourth-order valence-corrected chi connectivity index (χ4v) is 6.16. The van der Waals surface area contributed by atoms with Gasteiger partial charge in [-0.25, -0.2) is 9.78 Å². The Morgan fingerprint density at radius 2 is 2.03 bits per heavy atom. The second-order valence-corrected chi connectivity index (χ2v) is 10.00. The van der Waals surface area contributed by atoms with Gasteiger partial charge in [0.1, 0.15) is 5.00 Å². The lowest BCUT2D eigenvalue weighted by Crippen LogP contribution is -2.36. The smallest absolute Gasteiger partial charge is 0.410 e. The summed E-state index contributed by atoms with van der Waals surface area (Å²) in [5, 5.41) is 5.97. The van der Waals surface area contributed by atoms with Crippen molar-refractivity contribution in [2.45, 2.75) is 19.9 Å². The Balaban J connectivity index is 1.51. The van der Waals surface area contributed by atoms with E-state index in [4.69, 9.17) is 15.5 Å². The van der Waals surface area contributed by atoms with Crippen LogP contribution in [0.4, 0.5) is 9.80 Å². The lowest BCUT2D eigenvalue weighted by atomic mass is 10.0. The van der Waals surface area contributed by atoms with Crippen molar-refractivity contribution in [1.29, 1.82) is 0 Å². The fourth-order valence-electron chi connectivity index (χ4n) is 4.21. The molecule has 35 heavy (non-hydrogen) atoms. The Kier molecular flexibility index (Phi) is 6.23. The number of nitrogens with zero attached hydrogens (tertiary/aromatic N) is 2. The van der Waals surface area contributed by atoms with Gasteiger partial charge in [-0.15, -0.1) is 22.7 Å². The second kappa shape index (κ2) is 9.47. The van der Waals surface area contributed by atoms with Crippen LogP contribution < -0.4 is 11.1 Å². The third kappa shape index (κ3) is 4.38. The number of hydrogen-bond acceptors (Lipinski definition) is 7. The number of pyridine rings is 1. The number of primary amides is 1. The van der Waals surface area contributed by atoms with Crippen molar-refractivity contribution in [3.8, 4) is 10.6 Å². The molecule has 3 amide bonds. The van der Waals surface area contributed by atoms with E-state index in [0.29, 0.717) is 52.2 Å². The van der Waals surface area contributed by atoms with Crippen LogP contribution in [0.15, 0.2) is 47.8 Å². The number of para-hydroxylation sites is 1. The minimum absolute atomic E-state index is 0.286. The summed E-state index contributed by atoms with van der Waals surface area (Å²) in [5.41, 5.74) is 8.66. The lowest BCUT2D eigenvalue weighted by Gasteiger charge is -2.26. The Morgan fingerprint density at radius 1 is 1.20 bits per heavy atom. The molecule has 1 aliphatic heterocycles. The molecule has 3 aromatic heterocycles. The van der Waals surface area contributed by atoms with E-state index in [-0.39, 0.29) is 12.5 Å². The molecule has 1 aliphatic rings. The topological polar surface area (TPSA) is 115 Å². The SMILES string of the molecule is CCOC(=O)N1CCc2c(sc(NC(=O)c3cc(-c4cccs4)nc4ccccc34)c2C(N)=O)C1. The van der Waals surface area contributed by atoms with Crippen LogP contribution in [0, 0.1) is 0 Å². The third-order valence-electron chi connectivity index (χ3n) is 5.79. The molecule has 178 valence electrons. The summed E-state index contributed by atoms with van der Waals surface area (Å²) < 4.78 is 5.11. The van der Waals surface area contributed by atoms with Gasteiger partial charge in [-0.2, -0.15) is 0 Å². The molecular weight excluding hydrogens is 484 g/mol. The van der Waals surface area contributed by atoms with Crippen LogP contribution in [0.2, 0.25) is 0 Å². The number of nitrogens with two attached hydrogens (primary N) is 1. The number of rotatable bonds is 5. The van der Waals surface area contributed by atoms with Gasteiger partial charge in [0, 0.05) is 16.8 Å². The number of anilines is 1. The average Bonchev–Trinajstić information content (AvgIpc) is 3.51. The van der Waals surface area contributed by atoms with E-state index in [0.717, 1.165) is 15.3 Å². The van der Waals surface area contributed by atoms with Crippen LogP contribution in [0.5, 0.6) is 0 Å². The maximum atomic E-state index is 13.5. The van der Waals surface area contributed by atoms with Crippen molar-refractivity contribution in [3.63, 3.8) is 0 Å². The van der Waals surface area contributed by atoms with Gasteiger partial charge in [0.05, 0.1) is 40.4 Å². The number of aromatic nitrogens is 1. The van der Waals surface area contributed by atoms with Crippen molar-refractivity contribution in [2.24, 2.45) is 5.73 Å². The Labute approximate surface area is 209 Å². The van der Waals surface area contributed by atoms with Crippen LogP contribution >= 0.6 is 22.7 Å². The quantitative estimate of drug-likeness (QED) is 0.400. The first-order valence-electron chi connectivity index (χ1n) is 11.1. The number of amides is 3. The van der Waals surface area contributed by atoms with Gasteiger partial charge < -0.3 is 20.7 Å². The van der Waals surface area contributed by atoms with E-state index in [1.54, 1.807) is 29.2 Å². The van der Waals surface area contributed by atoms with E-state index < -0.39 is 12.0 Å². The summed E-state index contributed by atoms with van der Waals surface area (Å²) in [6.45, 7) is 2.75. The standard InChI is InChI=1S/C25H22N4O4S2/c1-2-33-25(32)29-10-9-15-20(13-29)35-24(21(15)22(26)30)28-23(31)16-12-18(19-8-5-11-34-19)27-17-7-4-3-6-14(16)17/h3-8,11-12H,2,9-10,13H2,1H3,(H2,26,30)(H,28,31). The van der Waals surface area contributed by atoms with Crippen LogP contribution in [0.3, 0.4) is 0 Å². The van der Waals surface area contributed by atoms with Gasteiger partial charge in [0.25, 0.3) is 11.8 Å². The summed E-state index contributed by atoms with van der Waals surface area (Å²) >= 11 is 2.81. The molecule has 10 heteroatoms. The highest BCUT2D eigenvalue weighted by atomic mass is 32.1. The normalized spacial score (nSPS) is 12.9. The molecule has 0 fully saturated rings. The molecule has 5 rings (SSSR count). The van der Waals surface area contributed by atoms with Gasteiger partial charge >= 0.3 is 6.09 Å². The van der Waals surface area contributed by atoms with E-state index in [9.17, 15) is 14.4 Å². The van der Waals surface area contributed by atoms with Crippen LogP contribution in [-0.4, -0.2) is 40.9 Å². The number of carbonyl (C=O) groups excluding carboxylic acids is 3. The van der Waals surface area contributed by atoms with Gasteiger partial charge in [0.2, 0.25) is 0 Å². The molecule has 8 nitrogen and oxygen atoms in total. The van der Waals surface area contributed by atoms with Crippen molar-refractivity contribution in [3.05, 3.63) is 69.4 Å². The number of fused-ring (bicyclic) bond motifs is 2. The summed E-state index contributed by atoms with van der Waals surface area (Å²) in [4.78, 5) is 46.2. The first kappa shape index (κ1) is 23.0. The Bertz CT molecular complexity index is 1450. The molecule has 0 radical (unpaired) electrons. The summed E-state index contributed by atoms with van der Waals surface area (Å²) in [5.74, 6) is -0.967. The Hall–Kier alpha value is -3.76. The zero-order valence-electron chi connectivity index (χ0n) is 18.9. The van der Waals surface area contributed by atoms with Gasteiger partial charge in [-0.3, -0.25) is 9.59 Å². The molecule has 4 aromatic rings. The number of ether oxygens (including phenoxy) is 1. The molecule has 1 aromatic carbocycles. The minimum atomic E-state index is -0.610. The minimum Gasteiger partial charge on any atom is -0.450 e. The zero-order chi connectivity index (χ0) is 24.5. The average molecular weight is 507 g/mol. The van der Waals surface area contributed by atoms with Crippen molar-refractivity contribution in [2.75, 3.05) is 18.5 Å². The molecule has 0 saturated heterocycles. The molecule has 0 atom stereocenters. The number of nitrogens with one attached hydrogen (secondary N) is 1. The van der Waals surface area contributed by atoms with Crippen molar-refractivity contribution < 1.29 is 19.1 Å². The zero-order valence-corrected chi connectivity index (χ0v) is 20.5. The third-order valence-corrected chi connectivity index (χ3v) is 7.82. The first-order valence-corrected chi connectivity index (χ1v) is 12.8. The number of benzene rings is 1. The monoisotopic (exact) mass is 506 g/mol. The second-order valence-electron chi connectivity index (χ2n) is 7.95. The van der Waals surface area contributed by atoms with Crippen molar-refractivity contribution >= 4 is 56.5 Å². The maximum Gasteiger partial charge on any atom is 0.410 e. The van der Waals surface area contributed by atoms with E-state index in [2.05, 4.69) is 5.32 Å². The molecule has 0 aliphatic carbocycles. The molecule has 4 heterocycles. The lowest BCUT2D eigenvalue weighted by molar-refractivity contribution is 0.0997. The highest BCUT2D eigenvalue weighted by Crippen LogP contribution is 2.38. The first-order chi connectivity index (χ1) is 17.0. The van der Waals surface area contributed by atoms with Gasteiger partial charge in [-0.1, -0.05) is 24.3 Å². The molecular formula is C25H22N4O4S2. The predicted octanol–water partition coefficient (Wildman–Crippen LogP) is 4.89. The van der Waals surface area contributed by atoms with E-state index >= 15 is 0 Å². The number of thiophene rings is 2. The van der Waals surface area contributed by atoms with Crippen LogP contribution in [0.25, 0.3) is 21.5 Å². The summed E-state index contributed by atoms with van der Waals surface area (Å²) in [6, 6.07) is 13.1. The molecule has 0 spiro atoms. The predicted molar refractivity (Wildman–Crippen MR) is 137 cm³/mol. The highest BCUT2D eigenvalue weighted by molar-refractivity contribution is 7.17. The van der Waals surface area contributed by atoms with Crippen LogP contribution in [-0.2, 0) is 17.7 Å². The maximum absolute atomic E-state index is 13.5. The fraction of sp³-hybridized carbons (Fsp3) is 0.200. The molecule has 0 unspecified atom stereocenters. The number of carbonyl (C=O) groups is 3. The van der Waals surface area contributed by atoms with Crippen LogP contribution in [0.1, 0.15) is 38.1 Å². The largest absolute Gasteiger partial charge is 0.450 e. The Morgan fingerprint density at radius 3 is 2.77 bits per heavy atom. The van der Waals surface area contributed by atoms with E-state index in [1.807, 2.05) is 41.8 Å². The molecule has 3 N–H and O–H groups in total.